The predicted octanol–water partition coefficient (Wildman–Crippen LogP) is 2.37. The zero-order valence-corrected chi connectivity index (χ0v) is 11.7. The molecular formula is C12H22N4S. The Morgan fingerprint density at radius 2 is 2.29 bits per heavy atom. The number of hydrogen-bond donors (Lipinski definition) is 2. The molecule has 0 bridgehead atoms. The third-order valence-electron chi connectivity index (χ3n) is 3.35. The average molecular weight is 254 g/mol. The summed E-state index contributed by atoms with van der Waals surface area (Å²) in [6, 6.07) is 0.611. The number of nitrogens with one attached hydrogen (secondary N) is 2. The molecule has 5 heteroatoms. The van der Waals surface area contributed by atoms with Crippen LogP contribution >= 0.6 is 11.8 Å². The van der Waals surface area contributed by atoms with Gasteiger partial charge in [-0.25, -0.2) is 4.98 Å². The quantitative estimate of drug-likeness (QED) is 0.866. The zero-order valence-electron chi connectivity index (χ0n) is 10.9. The number of H-pyrrole nitrogens is 1. The Bertz CT molecular complexity index is 352. The van der Waals surface area contributed by atoms with Gasteiger partial charge in [0.15, 0.2) is 0 Å². The minimum Gasteiger partial charge on any atom is -0.313 e. The standard InChI is InChI=1S/C12H22N4S/c1-4-13-10-6-5-8(2)7-11(10)17-12-14-9(3)15-16-12/h8,10-11,13H,4-7H2,1-3H3,(H,14,15,16). The van der Waals surface area contributed by atoms with E-state index in [9.17, 15) is 0 Å². The maximum Gasteiger partial charge on any atom is 0.208 e. The van der Waals surface area contributed by atoms with Crippen molar-refractivity contribution in [2.75, 3.05) is 6.54 Å². The molecule has 0 radical (unpaired) electrons. The molecule has 1 aliphatic rings. The fraction of sp³-hybridized carbons (Fsp3) is 0.833. The largest absolute Gasteiger partial charge is 0.313 e. The van der Waals surface area contributed by atoms with Crippen LogP contribution in [-0.4, -0.2) is 33.0 Å². The molecule has 17 heavy (non-hydrogen) atoms. The van der Waals surface area contributed by atoms with Crippen molar-refractivity contribution in [3.05, 3.63) is 5.82 Å². The Morgan fingerprint density at radius 3 is 2.94 bits per heavy atom. The Labute approximate surface area is 107 Å². The Morgan fingerprint density at radius 1 is 1.47 bits per heavy atom. The van der Waals surface area contributed by atoms with E-state index < -0.39 is 0 Å². The van der Waals surface area contributed by atoms with Crippen molar-refractivity contribution in [2.24, 2.45) is 5.92 Å². The van der Waals surface area contributed by atoms with Crippen LogP contribution in [0.5, 0.6) is 0 Å². The van der Waals surface area contributed by atoms with E-state index in [1.54, 1.807) is 0 Å². The van der Waals surface area contributed by atoms with E-state index in [-0.39, 0.29) is 0 Å². The lowest BCUT2D eigenvalue weighted by atomic mass is 9.87. The van der Waals surface area contributed by atoms with Gasteiger partial charge in [0.25, 0.3) is 0 Å². The molecule has 96 valence electrons. The van der Waals surface area contributed by atoms with Crippen LogP contribution in [0.3, 0.4) is 0 Å². The minimum atomic E-state index is 0.605. The summed E-state index contributed by atoms with van der Waals surface area (Å²) < 4.78 is 0. The highest BCUT2D eigenvalue weighted by Crippen LogP contribution is 2.34. The van der Waals surface area contributed by atoms with E-state index >= 15 is 0 Å². The van der Waals surface area contributed by atoms with Gasteiger partial charge in [-0.05, 0) is 38.6 Å². The normalized spacial score (nSPS) is 29.5. The molecule has 0 amide bonds. The summed E-state index contributed by atoms with van der Waals surface area (Å²) in [6.45, 7) is 7.51. The maximum atomic E-state index is 4.39. The lowest BCUT2D eigenvalue weighted by Crippen LogP contribution is -2.42. The van der Waals surface area contributed by atoms with Crippen LogP contribution in [0.4, 0.5) is 0 Å². The van der Waals surface area contributed by atoms with E-state index in [4.69, 9.17) is 0 Å². The van der Waals surface area contributed by atoms with Crippen molar-refractivity contribution in [2.45, 2.75) is 56.5 Å². The Balaban J connectivity index is 1.99. The van der Waals surface area contributed by atoms with Gasteiger partial charge >= 0.3 is 0 Å². The molecule has 0 aliphatic heterocycles. The van der Waals surface area contributed by atoms with Crippen LogP contribution in [0.2, 0.25) is 0 Å². The summed E-state index contributed by atoms with van der Waals surface area (Å²) in [5.74, 6) is 1.72. The molecule has 1 saturated carbocycles. The topological polar surface area (TPSA) is 53.6 Å². The SMILES string of the molecule is CCNC1CCC(C)CC1Sc1n[nH]c(C)n1. The van der Waals surface area contributed by atoms with Crippen LogP contribution in [-0.2, 0) is 0 Å². The first kappa shape index (κ1) is 12.9. The van der Waals surface area contributed by atoms with Crippen molar-refractivity contribution in [3.63, 3.8) is 0 Å². The summed E-state index contributed by atoms with van der Waals surface area (Å²) in [6.07, 6.45) is 3.87. The number of aryl methyl sites for hydroxylation is 1. The van der Waals surface area contributed by atoms with Gasteiger partial charge in [-0.1, -0.05) is 25.6 Å². The first-order valence-electron chi connectivity index (χ1n) is 6.48. The molecule has 0 spiro atoms. The van der Waals surface area contributed by atoms with Gasteiger partial charge in [0.2, 0.25) is 5.16 Å². The molecule has 0 aromatic carbocycles. The van der Waals surface area contributed by atoms with Crippen molar-refractivity contribution in [1.82, 2.24) is 20.5 Å². The second-order valence-electron chi connectivity index (χ2n) is 4.94. The van der Waals surface area contributed by atoms with Gasteiger partial charge in [-0.2, -0.15) is 0 Å². The maximum absolute atomic E-state index is 4.39. The van der Waals surface area contributed by atoms with Gasteiger partial charge in [0, 0.05) is 11.3 Å². The highest BCUT2D eigenvalue weighted by molar-refractivity contribution is 7.99. The van der Waals surface area contributed by atoms with Gasteiger partial charge in [-0.15, -0.1) is 5.10 Å². The molecule has 2 N–H and O–H groups in total. The summed E-state index contributed by atoms with van der Waals surface area (Å²) in [4.78, 5) is 4.39. The highest BCUT2D eigenvalue weighted by Gasteiger charge is 2.29. The Hall–Kier alpha value is -0.550. The molecule has 1 aromatic heterocycles. The second-order valence-corrected chi connectivity index (χ2v) is 6.15. The minimum absolute atomic E-state index is 0.605. The van der Waals surface area contributed by atoms with E-state index in [2.05, 4.69) is 34.3 Å². The molecular weight excluding hydrogens is 232 g/mol. The monoisotopic (exact) mass is 254 g/mol. The first-order chi connectivity index (χ1) is 8.19. The van der Waals surface area contributed by atoms with Crippen LogP contribution in [0.1, 0.15) is 38.9 Å². The number of aromatic amines is 1. The number of rotatable bonds is 4. The summed E-state index contributed by atoms with van der Waals surface area (Å²) in [5.41, 5.74) is 0. The number of nitrogens with zero attached hydrogens (tertiary/aromatic N) is 2. The molecule has 1 aromatic rings. The average Bonchev–Trinajstić information content (AvgIpc) is 2.68. The van der Waals surface area contributed by atoms with Crippen LogP contribution in [0.15, 0.2) is 5.16 Å². The fourth-order valence-corrected chi connectivity index (χ4v) is 3.84. The third-order valence-corrected chi connectivity index (χ3v) is 4.57. The number of aromatic nitrogens is 3. The molecule has 1 heterocycles. The van der Waals surface area contributed by atoms with Crippen LogP contribution < -0.4 is 5.32 Å². The summed E-state index contributed by atoms with van der Waals surface area (Å²) in [5, 5.41) is 12.2. The first-order valence-corrected chi connectivity index (χ1v) is 7.36. The lowest BCUT2D eigenvalue weighted by Gasteiger charge is -2.34. The number of hydrogen-bond acceptors (Lipinski definition) is 4. The zero-order chi connectivity index (χ0) is 12.3. The summed E-state index contributed by atoms with van der Waals surface area (Å²) >= 11 is 1.82. The van der Waals surface area contributed by atoms with Crippen molar-refractivity contribution in [1.29, 1.82) is 0 Å². The molecule has 2 rings (SSSR count). The van der Waals surface area contributed by atoms with Gasteiger partial charge < -0.3 is 5.32 Å². The van der Waals surface area contributed by atoms with Crippen molar-refractivity contribution < 1.29 is 0 Å². The molecule has 4 nitrogen and oxygen atoms in total. The highest BCUT2D eigenvalue weighted by atomic mass is 32.2. The van der Waals surface area contributed by atoms with Crippen molar-refractivity contribution >= 4 is 11.8 Å². The molecule has 3 atom stereocenters. The predicted molar refractivity (Wildman–Crippen MR) is 71.2 cm³/mol. The van der Waals surface area contributed by atoms with Crippen LogP contribution in [0.25, 0.3) is 0 Å². The van der Waals surface area contributed by atoms with Gasteiger partial charge in [0.1, 0.15) is 5.82 Å². The van der Waals surface area contributed by atoms with E-state index in [0.717, 1.165) is 23.4 Å². The van der Waals surface area contributed by atoms with E-state index in [1.165, 1.54) is 19.3 Å². The third kappa shape index (κ3) is 3.45. The molecule has 0 saturated heterocycles. The smallest absolute Gasteiger partial charge is 0.208 e. The van der Waals surface area contributed by atoms with Gasteiger partial charge in [0.05, 0.1) is 0 Å². The molecule has 3 unspecified atom stereocenters. The fourth-order valence-electron chi connectivity index (χ4n) is 2.46. The van der Waals surface area contributed by atoms with Crippen LogP contribution in [0, 0.1) is 12.8 Å². The van der Waals surface area contributed by atoms with Gasteiger partial charge in [-0.3, -0.25) is 5.10 Å². The lowest BCUT2D eigenvalue weighted by molar-refractivity contribution is 0.320. The molecule has 1 fully saturated rings. The number of thioether (sulfide) groups is 1. The van der Waals surface area contributed by atoms with E-state index in [1.807, 2.05) is 18.7 Å². The second kappa shape index (κ2) is 5.87. The van der Waals surface area contributed by atoms with Crippen molar-refractivity contribution in [3.8, 4) is 0 Å². The Kier molecular flexibility index (Phi) is 4.45. The molecule has 1 aliphatic carbocycles. The summed E-state index contributed by atoms with van der Waals surface area (Å²) in [7, 11) is 0. The van der Waals surface area contributed by atoms with E-state index in [0.29, 0.717) is 11.3 Å².